The van der Waals surface area contributed by atoms with E-state index in [2.05, 4.69) is 6.92 Å². The third kappa shape index (κ3) is 6.89. The maximum Gasteiger partial charge on any atom is 0.306 e. The first kappa shape index (κ1) is 14.5. The van der Waals surface area contributed by atoms with Crippen molar-refractivity contribution in [3.8, 4) is 0 Å². The first-order chi connectivity index (χ1) is 8.83. The van der Waals surface area contributed by atoms with Crippen molar-refractivity contribution in [2.24, 2.45) is 0 Å². The number of esters is 1. The predicted molar refractivity (Wildman–Crippen MR) is 75.2 cm³/mol. The van der Waals surface area contributed by atoms with Gasteiger partial charge in [-0.25, -0.2) is 0 Å². The normalized spacial score (nSPS) is 10.7. The Morgan fingerprint density at radius 3 is 2.72 bits per heavy atom. The fraction of sp³-hybridized carbons (Fsp3) is 0.438. The molecule has 0 atom stereocenters. The zero-order valence-electron chi connectivity index (χ0n) is 11.1. The van der Waals surface area contributed by atoms with E-state index in [1.54, 1.807) is 0 Å². The molecule has 0 N–H and O–H groups in total. The van der Waals surface area contributed by atoms with Crippen LogP contribution in [0.2, 0.25) is 0 Å². The fourth-order valence-electron chi connectivity index (χ4n) is 1.59. The van der Waals surface area contributed by atoms with Crippen molar-refractivity contribution in [2.75, 3.05) is 6.61 Å². The van der Waals surface area contributed by atoms with Crippen LogP contribution in [0.25, 0.3) is 6.08 Å². The molecule has 98 valence electrons. The van der Waals surface area contributed by atoms with Gasteiger partial charge in [-0.15, -0.1) is 0 Å². The first-order valence-electron chi connectivity index (χ1n) is 6.70. The smallest absolute Gasteiger partial charge is 0.306 e. The average molecular weight is 246 g/mol. The number of unbranched alkanes of at least 4 members (excludes halogenated alkanes) is 2. The van der Waals surface area contributed by atoms with Crippen LogP contribution in [0.3, 0.4) is 0 Å². The lowest BCUT2D eigenvalue weighted by atomic mass is 10.2. The molecular formula is C16H22O2. The minimum absolute atomic E-state index is 0.0937. The third-order valence-corrected chi connectivity index (χ3v) is 2.64. The molecule has 0 amide bonds. The van der Waals surface area contributed by atoms with Gasteiger partial charge in [-0.05, 0) is 18.4 Å². The maximum absolute atomic E-state index is 11.4. The lowest BCUT2D eigenvalue weighted by Crippen LogP contribution is -2.04. The van der Waals surface area contributed by atoms with Gasteiger partial charge in [0.2, 0.25) is 0 Å². The Bertz CT molecular complexity index is 355. The van der Waals surface area contributed by atoms with Crippen molar-refractivity contribution in [1.82, 2.24) is 0 Å². The van der Waals surface area contributed by atoms with Gasteiger partial charge < -0.3 is 4.74 Å². The van der Waals surface area contributed by atoms with Gasteiger partial charge >= 0.3 is 5.97 Å². The van der Waals surface area contributed by atoms with Crippen LogP contribution in [0.15, 0.2) is 36.4 Å². The van der Waals surface area contributed by atoms with E-state index < -0.39 is 0 Å². The Labute approximate surface area is 110 Å². The number of carbonyl (C=O) groups excluding carboxylic acids is 1. The molecule has 0 aliphatic carbocycles. The summed E-state index contributed by atoms with van der Waals surface area (Å²) in [4.78, 5) is 11.4. The third-order valence-electron chi connectivity index (χ3n) is 2.64. The summed E-state index contributed by atoms with van der Waals surface area (Å²) >= 11 is 0. The summed E-state index contributed by atoms with van der Waals surface area (Å²) in [6.07, 6.45) is 8.50. The molecule has 0 heterocycles. The Balaban J connectivity index is 2.10. The summed E-state index contributed by atoms with van der Waals surface area (Å²) in [5, 5.41) is 0. The number of hydrogen-bond acceptors (Lipinski definition) is 2. The van der Waals surface area contributed by atoms with Gasteiger partial charge in [0.25, 0.3) is 0 Å². The van der Waals surface area contributed by atoms with E-state index in [1.165, 1.54) is 0 Å². The number of carbonyl (C=O) groups is 1. The molecule has 1 rings (SSSR count). The van der Waals surface area contributed by atoms with Crippen LogP contribution in [0.5, 0.6) is 0 Å². The zero-order chi connectivity index (χ0) is 13.1. The fourth-order valence-corrected chi connectivity index (χ4v) is 1.59. The predicted octanol–water partition coefficient (Wildman–Crippen LogP) is 4.21. The van der Waals surface area contributed by atoms with Crippen molar-refractivity contribution in [2.45, 2.75) is 39.0 Å². The van der Waals surface area contributed by atoms with E-state index >= 15 is 0 Å². The van der Waals surface area contributed by atoms with Crippen molar-refractivity contribution in [3.63, 3.8) is 0 Å². The maximum atomic E-state index is 11.4. The van der Waals surface area contributed by atoms with E-state index in [4.69, 9.17) is 4.74 Å². The molecule has 0 aliphatic heterocycles. The molecule has 0 saturated heterocycles. The van der Waals surface area contributed by atoms with Gasteiger partial charge in [0.15, 0.2) is 0 Å². The molecule has 0 aromatic heterocycles. The van der Waals surface area contributed by atoms with Gasteiger partial charge in [-0.1, -0.05) is 62.2 Å². The molecule has 2 heteroatoms. The second kappa shape index (κ2) is 9.46. The van der Waals surface area contributed by atoms with E-state index in [0.29, 0.717) is 13.0 Å². The lowest BCUT2D eigenvalue weighted by Gasteiger charge is -2.02. The van der Waals surface area contributed by atoms with Gasteiger partial charge in [0.1, 0.15) is 0 Å². The molecule has 0 spiro atoms. The summed E-state index contributed by atoms with van der Waals surface area (Å²) in [6.45, 7) is 2.70. The number of hydrogen-bond donors (Lipinski definition) is 0. The summed E-state index contributed by atoms with van der Waals surface area (Å²) in [5.41, 5.74) is 1.16. The molecule has 0 unspecified atom stereocenters. The largest absolute Gasteiger partial charge is 0.466 e. The lowest BCUT2D eigenvalue weighted by molar-refractivity contribution is -0.143. The summed E-state index contributed by atoms with van der Waals surface area (Å²) < 4.78 is 5.12. The van der Waals surface area contributed by atoms with Crippen molar-refractivity contribution >= 4 is 12.0 Å². The van der Waals surface area contributed by atoms with E-state index in [-0.39, 0.29) is 5.97 Å². The molecule has 1 aromatic carbocycles. The molecule has 0 radical (unpaired) electrons. The molecule has 0 saturated carbocycles. The number of ether oxygens (including phenoxy) is 1. The van der Waals surface area contributed by atoms with Gasteiger partial charge in [-0.2, -0.15) is 0 Å². The van der Waals surface area contributed by atoms with Crippen LogP contribution in [0, 0.1) is 0 Å². The molecule has 0 bridgehead atoms. The average Bonchev–Trinajstić information content (AvgIpc) is 2.41. The second-order valence-corrected chi connectivity index (χ2v) is 4.28. The van der Waals surface area contributed by atoms with Crippen LogP contribution in [-0.4, -0.2) is 12.6 Å². The minimum atomic E-state index is -0.0937. The van der Waals surface area contributed by atoms with Crippen molar-refractivity contribution < 1.29 is 9.53 Å². The van der Waals surface area contributed by atoms with Crippen LogP contribution in [-0.2, 0) is 9.53 Å². The summed E-state index contributed by atoms with van der Waals surface area (Å²) in [6, 6.07) is 10.1. The highest BCUT2D eigenvalue weighted by atomic mass is 16.5. The highest BCUT2D eigenvalue weighted by Crippen LogP contribution is 2.04. The van der Waals surface area contributed by atoms with Crippen LogP contribution in [0.1, 0.15) is 44.6 Å². The van der Waals surface area contributed by atoms with Crippen LogP contribution in [0.4, 0.5) is 0 Å². The van der Waals surface area contributed by atoms with E-state index in [9.17, 15) is 4.79 Å². The second-order valence-electron chi connectivity index (χ2n) is 4.28. The minimum Gasteiger partial charge on any atom is -0.466 e. The Morgan fingerprint density at radius 2 is 2.00 bits per heavy atom. The number of allylic oxidation sites excluding steroid dienone is 1. The standard InChI is InChI=1S/C16H22O2/c1-2-3-9-14-18-16(17)13-8-7-12-15-10-5-4-6-11-15/h4-7,10-12H,2-3,8-9,13-14H2,1H3. The molecule has 18 heavy (non-hydrogen) atoms. The SMILES string of the molecule is CCCCCOC(=O)CCC=Cc1ccccc1. The van der Waals surface area contributed by atoms with Gasteiger partial charge in [0.05, 0.1) is 6.61 Å². The zero-order valence-corrected chi connectivity index (χ0v) is 11.1. The molecule has 1 aromatic rings. The topological polar surface area (TPSA) is 26.3 Å². The van der Waals surface area contributed by atoms with Crippen molar-refractivity contribution in [3.05, 3.63) is 42.0 Å². The Morgan fingerprint density at radius 1 is 1.22 bits per heavy atom. The summed E-state index contributed by atoms with van der Waals surface area (Å²) in [5.74, 6) is -0.0937. The highest BCUT2D eigenvalue weighted by molar-refractivity contribution is 5.69. The Kier molecular flexibility index (Phi) is 7.61. The van der Waals surface area contributed by atoms with Gasteiger partial charge in [-0.3, -0.25) is 4.79 Å². The van der Waals surface area contributed by atoms with E-state index in [0.717, 1.165) is 31.2 Å². The first-order valence-corrected chi connectivity index (χ1v) is 6.70. The molecule has 2 nitrogen and oxygen atoms in total. The summed E-state index contributed by atoms with van der Waals surface area (Å²) in [7, 11) is 0. The van der Waals surface area contributed by atoms with E-state index in [1.807, 2.05) is 42.5 Å². The molecular weight excluding hydrogens is 224 g/mol. The van der Waals surface area contributed by atoms with Crippen LogP contribution >= 0.6 is 0 Å². The quantitative estimate of drug-likeness (QED) is 0.507. The number of rotatable bonds is 8. The van der Waals surface area contributed by atoms with Crippen molar-refractivity contribution in [1.29, 1.82) is 0 Å². The van der Waals surface area contributed by atoms with Gasteiger partial charge in [0, 0.05) is 6.42 Å². The Hall–Kier alpha value is -1.57. The molecule has 0 fully saturated rings. The molecule has 0 aliphatic rings. The number of benzene rings is 1. The highest BCUT2D eigenvalue weighted by Gasteiger charge is 1.99. The van der Waals surface area contributed by atoms with Crippen LogP contribution < -0.4 is 0 Å². The monoisotopic (exact) mass is 246 g/mol.